The molecule has 1 aliphatic heterocycles. The number of ether oxygens (including phenoxy) is 6. The van der Waals surface area contributed by atoms with Crippen molar-refractivity contribution in [3.05, 3.63) is 119 Å². The van der Waals surface area contributed by atoms with Gasteiger partial charge >= 0.3 is 0 Å². The molecule has 208 valence electrons. The van der Waals surface area contributed by atoms with Crippen LogP contribution in [0.3, 0.4) is 0 Å². The number of rotatable bonds is 9. The number of carbonyl (C=O) groups is 1. The zero-order valence-electron chi connectivity index (χ0n) is 23.3. The highest BCUT2D eigenvalue weighted by molar-refractivity contribution is 6.15. The van der Waals surface area contributed by atoms with Crippen LogP contribution in [0.15, 0.2) is 96.8 Å². The molecular weight excluding hydrogens is 520 g/mol. The summed E-state index contributed by atoms with van der Waals surface area (Å²) in [5.74, 6) is 2.44. The lowest BCUT2D eigenvalue weighted by molar-refractivity contribution is -0.122. The number of allylic oxidation sites excluding steroid dienone is 1. The second-order valence-electron chi connectivity index (χ2n) is 9.82. The van der Waals surface area contributed by atoms with Crippen LogP contribution in [0.25, 0.3) is 5.57 Å². The molecule has 0 aromatic heterocycles. The second kappa shape index (κ2) is 10.6. The van der Waals surface area contributed by atoms with E-state index in [4.69, 9.17) is 28.4 Å². The van der Waals surface area contributed by atoms with Gasteiger partial charge in [0.1, 0.15) is 35.4 Å². The predicted molar refractivity (Wildman–Crippen MR) is 154 cm³/mol. The average Bonchev–Trinajstić information content (AvgIpc) is 3.48. The van der Waals surface area contributed by atoms with E-state index in [9.17, 15) is 4.79 Å². The smallest absolute Gasteiger partial charge is 0.210 e. The summed E-state index contributed by atoms with van der Waals surface area (Å²) < 4.78 is 35.5. The molecule has 0 radical (unpaired) electrons. The molecule has 6 rings (SSSR count). The molecule has 0 spiro atoms. The van der Waals surface area contributed by atoms with Gasteiger partial charge in [-0.3, -0.25) is 4.79 Å². The van der Waals surface area contributed by atoms with Crippen LogP contribution in [0, 0.1) is 0 Å². The van der Waals surface area contributed by atoms with Crippen molar-refractivity contribution in [2.75, 3.05) is 28.4 Å². The normalized spacial score (nSPS) is 18.8. The van der Waals surface area contributed by atoms with Crippen molar-refractivity contribution in [2.45, 2.75) is 18.1 Å². The van der Waals surface area contributed by atoms with Gasteiger partial charge in [0, 0.05) is 17.7 Å². The molecule has 4 aromatic carbocycles. The van der Waals surface area contributed by atoms with Crippen LogP contribution in [-0.4, -0.2) is 34.2 Å². The largest absolute Gasteiger partial charge is 0.497 e. The fourth-order valence-corrected chi connectivity index (χ4v) is 5.77. The maximum atomic E-state index is 14.5. The van der Waals surface area contributed by atoms with Gasteiger partial charge < -0.3 is 28.4 Å². The summed E-state index contributed by atoms with van der Waals surface area (Å²) >= 11 is 0. The van der Waals surface area contributed by atoms with Crippen molar-refractivity contribution in [3.8, 4) is 28.7 Å². The number of Topliss-reactive ketones (excluding diaryl/α,β-unsaturated/α-hetero) is 1. The van der Waals surface area contributed by atoms with Crippen molar-refractivity contribution in [1.82, 2.24) is 0 Å². The van der Waals surface area contributed by atoms with Crippen molar-refractivity contribution in [2.24, 2.45) is 0 Å². The summed E-state index contributed by atoms with van der Waals surface area (Å²) in [5, 5.41) is 0. The van der Waals surface area contributed by atoms with Gasteiger partial charge in [-0.05, 0) is 35.4 Å². The third kappa shape index (κ3) is 4.25. The van der Waals surface area contributed by atoms with Gasteiger partial charge in [0.15, 0.2) is 11.4 Å². The Balaban J connectivity index is 1.59. The summed E-state index contributed by atoms with van der Waals surface area (Å²) in [7, 11) is 6.42. The van der Waals surface area contributed by atoms with Crippen molar-refractivity contribution < 1.29 is 33.2 Å². The van der Waals surface area contributed by atoms with Gasteiger partial charge in [-0.2, -0.15) is 0 Å². The summed E-state index contributed by atoms with van der Waals surface area (Å²) in [5.41, 5.74) is 2.57. The maximum absolute atomic E-state index is 14.5. The number of fused-ring (bicyclic) bond motifs is 3. The predicted octanol–water partition coefficient (Wildman–Crippen LogP) is 6.30. The van der Waals surface area contributed by atoms with Crippen LogP contribution in [0.2, 0.25) is 0 Å². The van der Waals surface area contributed by atoms with Gasteiger partial charge in [-0.25, -0.2) is 0 Å². The fraction of sp³-hybridized carbons (Fsp3) is 0.206. The Hall–Kier alpha value is -4.91. The Morgan fingerprint density at radius 3 is 1.98 bits per heavy atom. The summed E-state index contributed by atoms with van der Waals surface area (Å²) in [4.78, 5) is 14.5. The molecule has 41 heavy (non-hydrogen) atoms. The highest BCUT2D eigenvalue weighted by Gasteiger charge is 2.63. The van der Waals surface area contributed by atoms with E-state index in [1.807, 2.05) is 84.9 Å². The fourth-order valence-electron chi connectivity index (χ4n) is 5.77. The Morgan fingerprint density at radius 1 is 0.732 bits per heavy atom. The Kier molecular flexibility index (Phi) is 6.79. The number of hydrogen-bond acceptors (Lipinski definition) is 7. The van der Waals surface area contributed by atoms with Crippen molar-refractivity contribution >= 4 is 11.4 Å². The van der Waals surface area contributed by atoms with Crippen molar-refractivity contribution in [3.63, 3.8) is 0 Å². The molecule has 0 saturated heterocycles. The molecule has 7 heteroatoms. The van der Waals surface area contributed by atoms with Crippen LogP contribution < -0.4 is 23.7 Å². The minimum Gasteiger partial charge on any atom is -0.497 e. The molecule has 2 aliphatic rings. The molecule has 2 atom stereocenters. The molecule has 0 unspecified atom stereocenters. The van der Waals surface area contributed by atoms with Crippen LogP contribution >= 0.6 is 0 Å². The lowest BCUT2D eigenvalue weighted by atomic mass is 9.75. The first-order valence-electron chi connectivity index (χ1n) is 13.2. The van der Waals surface area contributed by atoms with E-state index in [1.165, 1.54) is 0 Å². The van der Waals surface area contributed by atoms with Gasteiger partial charge in [-0.15, -0.1) is 0 Å². The average molecular weight is 551 g/mol. The molecule has 1 heterocycles. The SMILES string of the molecule is COc1ccc(COC2=C3c4c(OC)cc(OC)cc4O[C@@]3(c3ccc(OC)cc3)[C@H](c3ccccc3)C2=O)cc1. The highest BCUT2D eigenvalue weighted by Crippen LogP contribution is 2.65. The van der Waals surface area contributed by atoms with E-state index in [1.54, 1.807) is 34.5 Å². The van der Waals surface area contributed by atoms with E-state index < -0.39 is 11.5 Å². The minimum absolute atomic E-state index is 0.168. The number of hydrogen-bond donors (Lipinski definition) is 0. The van der Waals surface area contributed by atoms with E-state index in [0.29, 0.717) is 34.1 Å². The Labute approximate surface area is 238 Å². The first-order valence-corrected chi connectivity index (χ1v) is 13.2. The molecule has 0 amide bonds. The maximum Gasteiger partial charge on any atom is 0.210 e. The van der Waals surface area contributed by atoms with E-state index in [0.717, 1.165) is 22.4 Å². The number of benzene rings is 4. The van der Waals surface area contributed by atoms with E-state index >= 15 is 0 Å². The Morgan fingerprint density at radius 2 is 1.37 bits per heavy atom. The highest BCUT2D eigenvalue weighted by atomic mass is 16.5. The zero-order chi connectivity index (χ0) is 28.6. The van der Waals surface area contributed by atoms with Crippen LogP contribution in [0.5, 0.6) is 28.7 Å². The van der Waals surface area contributed by atoms with Crippen molar-refractivity contribution in [1.29, 1.82) is 0 Å². The van der Waals surface area contributed by atoms with E-state index in [-0.39, 0.29) is 18.1 Å². The monoisotopic (exact) mass is 550 g/mol. The summed E-state index contributed by atoms with van der Waals surface area (Å²) in [6.45, 7) is 0.183. The zero-order valence-corrected chi connectivity index (χ0v) is 23.3. The number of carbonyl (C=O) groups excluding carboxylic acids is 1. The second-order valence-corrected chi connectivity index (χ2v) is 9.82. The van der Waals surface area contributed by atoms with Crippen LogP contribution in [0.1, 0.15) is 28.2 Å². The van der Waals surface area contributed by atoms with Gasteiger partial charge in [0.05, 0.1) is 45.5 Å². The number of ketones is 1. The molecule has 0 N–H and O–H groups in total. The van der Waals surface area contributed by atoms with E-state index in [2.05, 4.69) is 0 Å². The quantitative estimate of drug-likeness (QED) is 0.242. The lowest BCUT2D eigenvalue weighted by Crippen LogP contribution is -2.37. The summed E-state index contributed by atoms with van der Waals surface area (Å²) in [6.07, 6.45) is 0. The van der Waals surface area contributed by atoms with Gasteiger partial charge in [0.25, 0.3) is 0 Å². The standard InChI is InChI=1S/C34H30O7/c1-36-24-14-10-21(11-15-24)20-40-33-31-29-27(39-4)18-26(38-3)19-28(29)41-34(31,23-12-16-25(37-2)17-13-23)30(32(33)35)22-8-6-5-7-9-22/h5-19,30H,20H2,1-4H3/t30-,34+/m1/s1. The van der Waals surface area contributed by atoms with Crippen LogP contribution in [0.4, 0.5) is 0 Å². The molecule has 0 bridgehead atoms. The molecule has 1 aliphatic carbocycles. The molecule has 0 fully saturated rings. The third-order valence-electron chi connectivity index (χ3n) is 7.70. The van der Waals surface area contributed by atoms with Gasteiger partial charge in [-0.1, -0.05) is 54.6 Å². The molecule has 7 nitrogen and oxygen atoms in total. The minimum atomic E-state index is -1.22. The van der Waals surface area contributed by atoms with Gasteiger partial charge in [0.2, 0.25) is 5.78 Å². The summed E-state index contributed by atoms with van der Waals surface area (Å²) in [6, 6.07) is 28.5. The number of methoxy groups -OCH3 is 4. The molecule has 0 saturated carbocycles. The molecule has 4 aromatic rings. The first-order chi connectivity index (χ1) is 20.0. The molecular formula is C34H30O7. The van der Waals surface area contributed by atoms with Crippen LogP contribution in [-0.2, 0) is 21.7 Å². The third-order valence-corrected chi connectivity index (χ3v) is 7.70. The lowest BCUT2D eigenvalue weighted by Gasteiger charge is -2.33. The topological polar surface area (TPSA) is 72.5 Å². The Bertz CT molecular complexity index is 1610. The first kappa shape index (κ1) is 26.3.